The summed E-state index contributed by atoms with van der Waals surface area (Å²) < 4.78 is 13.4. The quantitative estimate of drug-likeness (QED) is 0.792. The number of aliphatic hydroxyl groups is 1. The van der Waals surface area contributed by atoms with Crippen LogP contribution in [0.25, 0.3) is 0 Å². The molecule has 82 valence electrons. The fourth-order valence-corrected chi connectivity index (χ4v) is 2.42. The van der Waals surface area contributed by atoms with Gasteiger partial charge in [-0.3, -0.25) is 0 Å². The monoisotopic (exact) mass is 208 g/mol. The smallest absolute Gasteiger partial charge is 0.126 e. The number of hydrogen-bond acceptors (Lipinski definition) is 1. The molecule has 1 aromatic rings. The second kappa shape index (κ2) is 4.75. The molecule has 0 heterocycles. The van der Waals surface area contributed by atoms with E-state index in [-0.39, 0.29) is 11.9 Å². The van der Waals surface area contributed by atoms with Crippen molar-refractivity contribution in [2.45, 2.75) is 38.2 Å². The van der Waals surface area contributed by atoms with Gasteiger partial charge in [-0.15, -0.1) is 0 Å². The summed E-state index contributed by atoms with van der Waals surface area (Å²) in [4.78, 5) is 0. The van der Waals surface area contributed by atoms with E-state index in [0.717, 1.165) is 37.7 Å². The van der Waals surface area contributed by atoms with Gasteiger partial charge in [-0.1, -0.05) is 24.6 Å². The normalized spacial score (nSPS) is 26.5. The second-order valence-electron chi connectivity index (χ2n) is 4.48. The second-order valence-corrected chi connectivity index (χ2v) is 4.48. The molecule has 0 radical (unpaired) electrons. The van der Waals surface area contributed by atoms with Crippen molar-refractivity contribution in [3.8, 4) is 0 Å². The van der Waals surface area contributed by atoms with Gasteiger partial charge in [0, 0.05) is 0 Å². The molecule has 15 heavy (non-hydrogen) atoms. The van der Waals surface area contributed by atoms with Crippen LogP contribution in [-0.2, 0) is 6.42 Å². The van der Waals surface area contributed by atoms with Crippen molar-refractivity contribution in [1.82, 2.24) is 0 Å². The van der Waals surface area contributed by atoms with Crippen LogP contribution in [0.15, 0.2) is 24.3 Å². The topological polar surface area (TPSA) is 20.2 Å². The summed E-state index contributed by atoms with van der Waals surface area (Å²) in [6, 6.07) is 6.94. The molecule has 0 saturated heterocycles. The van der Waals surface area contributed by atoms with Crippen LogP contribution < -0.4 is 0 Å². The van der Waals surface area contributed by atoms with Gasteiger partial charge in [0.25, 0.3) is 0 Å². The zero-order valence-electron chi connectivity index (χ0n) is 8.82. The van der Waals surface area contributed by atoms with E-state index in [1.165, 1.54) is 6.07 Å². The van der Waals surface area contributed by atoms with Gasteiger partial charge in [-0.25, -0.2) is 4.39 Å². The minimum Gasteiger partial charge on any atom is -0.393 e. The first-order valence-corrected chi connectivity index (χ1v) is 5.67. The van der Waals surface area contributed by atoms with Crippen LogP contribution in [-0.4, -0.2) is 11.2 Å². The first-order valence-electron chi connectivity index (χ1n) is 5.67. The Morgan fingerprint density at radius 1 is 1.27 bits per heavy atom. The third kappa shape index (κ3) is 2.78. The summed E-state index contributed by atoms with van der Waals surface area (Å²) in [6.45, 7) is 0. The van der Waals surface area contributed by atoms with Crippen molar-refractivity contribution in [1.29, 1.82) is 0 Å². The van der Waals surface area contributed by atoms with Crippen molar-refractivity contribution >= 4 is 0 Å². The van der Waals surface area contributed by atoms with Crippen molar-refractivity contribution < 1.29 is 9.50 Å². The summed E-state index contributed by atoms with van der Waals surface area (Å²) in [6.07, 6.45) is 4.52. The molecule has 0 aromatic heterocycles. The number of benzene rings is 1. The summed E-state index contributed by atoms with van der Waals surface area (Å²) in [5, 5.41) is 9.53. The largest absolute Gasteiger partial charge is 0.393 e. The van der Waals surface area contributed by atoms with Gasteiger partial charge < -0.3 is 5.11 Å². The highest BCUT2D eigenvalue weighted by molar-refractivity contribution is 5.17. The van der Waals surface area contributed by atoms with Crippen LogP contribution in [0, 0.1) is 11.7 Å². The molecule has 0 aliphatic heterocycles. The fourth-order valence-electron chi connectivity index (χ4n) is 2.42. The first-order chi connectivity index (χ1) is 7.25. The van der Waals surface area contributed by atoms with E-state index in [2.05, 4.69) is 0 Å². The highest BCUT2D eigenvalue weighted by Crippen LogP contribution is 2.27. The van der Waals surface area contributed by atoms with Gasteiger partial charge in [-0.2, -0.15) is 0 Å². The maximum Gasteiger partial charge on any atom is 0.126 e. The standard InChI is InChI=1S/C13H17FO/c14-13-7-2-1-5-11(13)8-10-4-3-6-12(15)9-10/h1-2,5,7,10,12,15H,3-4,6,8-9H2. The Bertz CT molecular complexity index is 324. The van der Waals surface area contributed by atoms with Crippen LogP contribution in [0.5, 0.6) is 0 Å². The predicted octanol–water partition coefficient (Wildman–Crippen LogP) is 2.92. The molecule has 2 atom stereocenters. The Hall–Kier alpha value is -0.890. The van der Waals surface area contributed by atoms with Gasteiger partial charge in [0.2, 0.25) is 0 Å². The number of halogens is 1. The van der Waals surface area contributed by atoms with Crippen LogP contribution in [0.3, 0.4) is 0 Å². The minimum absolute atomic E-state index is 0.113. The van der Waals surface area contributed by atoms with Gasteiger partial charge in [-0.05, 0) is 43.2 Å². The van der Waals surface area contributed by atoms with Gasteiger partial charge >= 0.3 is 0 Å². The molecule has 2 unspecified atom stereocenters. The predicted molar refractivity (Wildman–Crippen MR) is 58.1 cm³/mol. The molecular formula is C13H17FO. The first kappa shape index (κ1) is 10.6. The highest BCUT2D eigenvalue weighted by atomic mass is 19.1. The maximum atomic E-state index is 13.4. The zero-order chi connectivity index (χ0) is 10.7. The lowest BCUT2D eigenvalue weighted by Crippen LogP contribution is -2.21. The van der Waals surface area contributed by atoms with E-state index in [4.69, 9.17) is 0 Å². The molecule has 0 bridgehead atoms. The van der Waals surface area contributed by atoms with Crippen molar-refractivity contribution in [3.05, 3.63) is 35.6 Å². The molecule has 1 aromatic carbocycles. The summed E-state index contributed by atoms with van der Waals surface area (Å²) in [5.41, 5.74) is 0.789. The maximum absolute atomic E-state index is 13.4. The lowest BCUT2D eigenvalue weighted by Gasteiger charge is -2.25. The SMILES string of the molecule is OC1CCCC(Cc2ccccc2F)C1. The van der Waals surface area contributed by atoms with Crippen LogP contribution in [0.2, 0.25) is 0 Å². The van der Waals surface area contributed by atoms with Crippen molar-refractivity contribution in [3.63, 3.8) is 0 Å². The molecule has 2 rings (SSSR count). The Kier molecular flexibility index (Phi) is 3.37. The highest BCUT2D eigenvalue weighted by Gasteiger charge is 2.21. The van der Waals surface area contributed by atoms with E-state index < -0.39 is 0 Å². The Balaban J connectivity index is 1.99. The van der Waals surface area contributed by atoms with Gasteiger partial charge in [0.05, 0.1) is 6.10 Å². The third-order valence-corrected chi connectivity index (χ3v) is 3.22. The Labute approximate surface area is 89.9 Å². The molecule has 1 fully saturated rings. The average molecular weight is 208 g/mol. The Morgan fingerprint density at radius 2 is 2.07 bits per heavy atom. The molecule has 1 saturated carbocycles. The van der Waals surface area contributed by atoms with E-state index in [0.29, 0.717) is 5.92 Å². The van der Waals surface area contributed by atoms with Crippen LogP contribution in [0.4, 0.5) is 4.39 Å². The molecule has 1 N–H and O–H groups in total. The Morgan fingerprint density at radius 3 is 2.80 bits per heavy atom. The van der Waals surface area contributed by atoms with Crippen LogP contribution in [0.1, 0.15) is 31.2 Å². The molecule has 0 amide bonds. The third-order valence-electron chi connectivity index (χ3n) is 3.22. The summed E-state index contributed by atoms with van der Waals surface area (Å²) in [7, 11) is 0. The molecule has 1 nitrogen and oxygen atoms in total. The zero-order valence-corrected chi connectivity index (χ0v) is 8.82. The number of rotatable bonds is 2. The van der Waals surface area contributed by atoms with E-state index >= 15 is 0 Å². The molecule has 0 spiro atoms. The van der Waals surface area contributed by atoms with Crippen molar-refractivity contribution in [2.75, 3.05) is 0 Å². The molecule has 1 aliphatic rings. The molecular weight excluding hydrogens is 191 g/mol. The molecule has 2 heteroatoms. The van der Waals surface area contributed by atoms with Crippen LogP contribution >= 0.6 is 0 Å². The van der Waals surface area contributed by atoms with Gasteiger partial charge in [0.1, 0.15) is 5.82 Å². The van der Waals surface area contributed by atoms with E-state index in [1.54, 1.807) is 6.07 Å². The fraction of sp³-hybridized carbons (Fsp3) is 0.538. The van der Waals surface area contributed by atoms with Crippen molar-refractivity contribution in [2.24, 2.45) is 5.92 Å². The molecule has 1 aliphatic carbocycles. The summed E-state index contributed by atoms with van der Waals surface area (Å²) >= 11 is 0. The number of aliphatic hydroxyl groups excluding tert-OH is 1. The van der Waals surface area contributed by atoms with E-state index in [9.17, 15) is 9.50 Å². The lowest BCUT2D eigenvalue weighted by molar-refractivity contribution is 0.101. The summed E-state index contributed by atoms with van der Waals surface area (Å²) in [5.74, 6) is 0.336. The van der Waals surface area contributed by atoms with E-state index in [1.807, 2.05) is 12.1 Å². The van der Waals surface area contributed by atoms with Gasteiger partial charge in [0.15, 0.2) is 0 Å². The minimum atomic E-state index is -0.171. The number of hydrogen-bond donors (Lipinski definition) is 1. The average Bonchev–Trinajstić information content (AvgIpc) is 2.22. The lowest BCUT2D eigenvalue weighted by atomic mass is 9.83.